The van der Waals surface area contributed by atoms with Gasteiger partial charge < -0.3 is 0 Å². The number of nitrogens with zero attached hydrogens (tertiary/aromatic N) is 1. The molecule has 3 aromatic rings. The predicted octanol–water partition coefficient (Wildman–Crippen LogP) is 7.56. The molecular weight excluding hydrogens is 374 g/mol. The Labute approximate surface area is 188 Å². The molecule has 1 aliphatic carbocycles. The lowest BCUT2D eigenvalue weighted by atomic mass is 9.60. The lowest BCUT2D eigenvalue weighted by Gasteiger charge is -2.47. The molecule has 2 aliphatic rings. The van der Waals surface area contributed by atoms with Crippen LogP contribution in [0.5, 0.6) is 0 Å². The van der Waals surface area contributed by atoms with Crippen LogP contribution >= 0.6 is 0 Å². The van der Waals surface area contributed by atoms with Crippen LogP contribution in [0.15, 0.2) is 48.5 Å². The van der Waals surface area contributed by atoms with Gasteiger partial charge in [0, 0.05) is 30.9 Å². The van der Waals surface area contributed by atoms with Crippen LogP contribution in [0.25, 0.3) is 22.2 Å². The fourth-order valence-electron chi connectivity index (χ4n) is 7.29. The van der Waals surface area contributed by atoms with Gasteiger partial charge in [0.1, 0.15) is 0 Å². The summed E-state index contributed by atoms with van der Waals surface area (Å²) in [7, 11) is 0. The summed E-state index contributed by atoms with van der Waals surface area (Å²) in [6.45, 7) is 19.5. The number of hydrogen-bond acceptors (Lipinski definition) is 0. The van der Waals surface area contributed by atoms with Crippen molar-refractivity contribution in [3.05, 3.63) is 65.2 Å². The summed E-state index contributed by atoms with van der Waals surface area (Å²) in [6, 6.07) is 18.8. The molecule has 1 aromatic heterocycles. The van der Waals surface area contributed by atoms with E-state index in [1.54, 1.807) is 16.7 Å². The summed E-state index contributed by atoms with van der Waals surface area (Å²) in [5.74, 6) is 0. The molecule has 2 unspecified atom stereocenters. The zero-order valence-electron chi connectivity index (χ0n) is 20.7. The van der Waals surface area contributed by atoms with Gasteiger partial charge in [-0.1, -0.05) is 59.7 Å². The minimum Gasteiger partial charge on any atom is -0.185 e. The first-order valence-corrected chi connectivity index (χ1v) is 12.1. The average Bonchev–Trinajstić information content (AvgIpc) is 2.93. The number of rotatable bonds is 2. The molecule has 0 fully saturated rings. The van der Waals surface area contributed by atoms with Crippen molar-refractivity contribution in [2.75, 3.05) is 0 Å². The van der Waals surface area contributed by atoms with Gasteiger partial charge in [0.05, 0.1) is 11.0 Å². The van der Waals surface area contributed by atoms with Crippen LogP contribution < -0.4 is 4.57 Å². The number of pyridine rings is 1. The van der Waals surface area contributed by atoms with Gasteiger partial charge >= 0.3 is 0 Å². The Morgan fingerprint density at radius 1 is 0.742 bits per heavy atom. The molecule has 0 N–H and O–H groups in total. The van der Waals surface area contributed by atoms with E-state index in [9.17, 15) is 0 Å². The standard InChI is InChI=1S/C30H38N/c1-9-29(7)22-18-24-23(27(3,4)19-28(24,5)6)17-21(22)26-16-15-20-13-11-12-14-25(20)31(26)30(29,8)10-2/h11-18H,9-10,19H2,1-8H3/q+1. The van der Waals surface area contributed by atoms with Crippen molar-refractivity contribution in [2.24, 2.45) is 0 Å². The average molecular weight is 413 g/mol. The molecule has 5 rings (SSSR count). The van der Waals surface area contributed by atoms with E-state index in [2.05, 4.69) is 108 Å². The van der Waals surface area contributed by atoms with E-state index in [0.29, 0.717) is 0 Å². The van der Waals surface area contributed by atoms with E-state index in [1.165, 1.54) is 28.6 Å². The van der Waals surface area contributed by atoms with Crippen LogP contribution in [0, 0.1) is 0 Å². The van der Waals surface area contributed by atoms with E-state index in [0.717, 1.165) is 12.8 Å². The van der Waals surface area contributed by atoms with Crippen LogP contribution in [-0.4, -0.2) is 0 Å². The van der Waals surface area contributed by atoms with E-state index < -0.39 is 0 Å². The fourth-order valence-corrected chi connectivity index (χ4v) is 7.29. The summed E-state index contributed by atoms with van der Waals surface area (Å²) >= 11 is 0. The highest BCUT2D eigenvalue weighted by atomic mass is 15.1. The molecule has 2 atom stereocenters. The molecule has 2 heterocycles. The molecule has 31 heavy (non-hydrogen) atoms. The third-order valence-corrected chi connectivity index (χ3v) is 9.29. The molecule has 2 aromatic carbocycles. The van der Waals surface area contributed by atoms with Gasteiger partial charge in [-0.15, -0.1) is 0 Å². The van der Waals surface area contributed by atoms with Gasteiger partial charge in [0.25, 0.3) is 0 Å². The van der Waals surface area contributed by atoms with Gasteiger partial charge in [-0.25, -0.2) is 0 Å². The second-order valence-electron chi connectivity index (χ2n) is 11.8. The van der Waals surface area contributed by atoms with Crippen molar-refractivity contribution >= 4 is 10.9 Å². The third-order valence-electron chi connectivity index (χ3n) is 9.29. The summed E-state index contributed by atoms with van der Waals surface area (Å²) in [5, 5.41) is 1.33. The first-order chi connectivity index (χ1) is 14.5. The number of hydrogen-bond donors (Lipinski definition) is 0. The largest absolute Gasteiger partial charge is 0.213 e. The van der Waals surface area contributed by atoms with Gasteiger partial charge in [0.2, 0.25) is 11.2 Å². The monoisotopic (exact) mass is 412 g/mol. The normalized spacial score (nSPS) is 27.6. The second-order valence-corrected chi connectivity index (χ2v) is 11.8. The Morgan fingerprint density at radius 3 is 2.03 bits per heavy atom. The fraction of sp³-hybridized carbons (Fsp3) is 0.500. The molecule has 1 heteroatoms. The summed E-state index contributed by atoms with van der Waals surface area (Å²) in [4.78, 5) is 0. The smallest absolute Gasteiger partial charge is 0.185 e. The molecule has 162 valence electrons. The lowest BCUT2D eigenvalue weighted by Crippen LogP contribution is -2.67. The van der Waals surface area contributed by atoms with E-state index in [1.807, 2.05) is 0 Å². The van der Waals surface area contributed by atoms with Crippen molar-refractivity contribution in [3.63, 3.8) is 0 Å². The molecule has 1 nitrogen and oxygen atoms in total. The van der Waals surface area contributed by atoms with E-state index >= 15 is 0 Å². The minimum absolute atomic E-state index is 0.0114. The predicted molar refractivity (Wildman–Crippen MR) is 132 cm³/mol. The van der Waals surface area contributed by atoms with Crippen molar-refractivity contribution in [2.45, 2.75) is 96.4 Å². The molecule has 0 radical (unpaired) electrons. The van der Waals surface area contributed by atoms with E-state index in [-0.39, 0.29) is 21.8 Å². The number of aromatic nitrogens is 1. The molecule has 0 amide bonds. The Bertz CT molecular complexity index is 1210. The van der Waals surface area contributed by atoms with Gasteiger partial charge in [-0.05, 0) is 65.5 Å². The minimum atomic E-state index is 0.0114. The molecule has 0 saturated carbocycles. The van der Waals surface area contributed by atoms with Crippen molar-refractivity contribution < 1.29 is 4.57 Å². The van der Waals surface area contributed by atoms with Gasteiger partial charge in [-0.3, -0.25) is 0 Å². The van der Waals surface area contributed by atoms with Crippen LogP contribution in [-0.2, 0) is 21.8 Å². The van der Waals surface area contributed by atoms with Crippen LogP contribution in [0.1, 0.15) is 91.3 Å². The Hall–Kier alpha value is -2.15. The zero-order valence-corrected chi connectivity index (χ0v) is 20.7. The maximum atomic E-state index is 2.69. The van der Waals surface area contributed by atoms with Crippen LogP contribution in [0.2, 0.25) is 0 Å². The van der Waals surface area contributed by atoms with Crippen LogP contribution in [0.4, 0.5) is 0 Å². The summed E-state index contributed by atoms with van der Waals surface area (Å²) in [5.41, 5.74) is 9.38. The topological polar surface area (TPSA) is 3.88 Å². The highest BCUT2D eigenvalue weighted by molar-refractivity contribution is 5.79. The first-order valence-electron chi connectivity index (χ1n) is 12.1. The summed E-state index contributed by atoms with van der Waals surface area (Å²) in [6.07, 6.45) is 3.45. The highest BCUT2D eigenvalue weighted by Crippen LogP contribution is 2.56. The maximum absolute atomic E-state index is 2.69. The van der Waals surface area contributed by atoms with E-state index in [4.69, 9.17) is 0 Å². The Kier molecular flexibility index (Phi) is 4.16. The second kappa shape index (κ2) is 6.21. The number of benzene rings is 2. The Balaban J connectivity index is 1.96. The van der Waals surface area contributed by atoms with Crippen LogP contribution in [0.3, 0.4) is 0 Å². The first kappa shape index (κ1) is 20.7. The molecule has 0 saturated heterocycles. The van der Waals surface area contributed by atoms with Crippen molar-refractivity contribution in [1.82, 2.24) is 0 Å². The van der Waals surface area contributed by atoms with Gasteiger partial charge in [-0.2, -0.15) is 4.57 Å². The molecule has 0 bridgehead atoms. The molecule has 1 aliphatic heterocycles. The quantitative estimate of drug-likeness (QED) is 0.382. The maximum Gasteiger partial charge on any atom is 0.213 e. The summed E-state index contributed by atoms with van der Waals surface area (Å²) < 4.78 is 2.69. The lowest BCUT2D eigenvalue weighted by molar-refractivity contribution is -0.742. The van der Waals surface area contributed by atoms with Gasteiger partial charge in [0.15, 0.2) is 5.54 Å². The Morgan fingerprint density at radius 2 is 1.39 bits per heavy atom. The third kappa shape index (κ3) is 2.47. The number of para-hydroxylation sites is 1. The SMILES string of the molecule is CCC1(C)c2cc3c(cc2-c2ccc4ccccc4[n+]2C1(C)CC)C(C)(C)CC3(C)C. The number of fused-ring (bicyclic) bond motifs is 6. The highest BCUT2D eigenvalue weighted by Gasteiger charge is 2.58. The van der Waals surface area contributed by atoms with Crippen molar-refractivity contribution in [3.8, 4) is 11.3 Å². The molecule has 0 spiro atoms. The molecular formula is C30H38N+. The van der Waals surface area contributed by atoms with Crippen molar-refractivity contribution in [1.29, 1.82) is 0 Å². The zero-order chi connectivity index (χ0) is 22.4.